The van der Waals surface area contributed by atoms with E-state index in [1.165, 1.54) is 6.07 Å². The van der Waals surface area contributed by atoms with Crippen molar-refractivity contribution in [1.82, 2.24) is 10.2 Å². The quantitative estimate of drug-likeness (QED) is 0.781. The van der Waals surface area contributed by atoms with Gasteiger partial charge in [0.2, 0.25) is 5.09 Å². The number of halogens is 1. The number of sulfone groups is 1. The molecule has 0 saturated heterocycles. The van der Waals surface area contributed by atoms with Gasteiger partial charge in [-0.15, -0.1) is 0 Å². The van der Waals surface area contributed by atoms with E-state index in [0.717, 1.165) is 12.1 Å². The zero-order valence-corrected chi connectivity index (χ0v) is 11.4. The summed E-state index contributed by atoms with van der Waals surface area (Å²) >= 11 is 5.83. The number of H-pyrrole nitrogens is 1. The maximum Gasteiger partial charge on any atom is 0.264 e. The van der Waals surface area contributed by atoms with Crippen molar-refractivity contribution in [2.75, 3.05) is 0 Å². The molecule has 2 heterocycles. The maximum absolute atomic E-state index is 12.3. The average Bonchev–Trinajstić information content (AvgIpc) is 2.83. The molecule has 0 radical (unpaired) electrons. The molecule has 102 valence electrons. The van der Waals surface area contributed by atoms with Gasteiger partial charge in [0.1, 0.15) is 5.58 Å². The average molecular weight is 311 g/mol. The Morgan fingerprint density at radius 1 is 1.15 bits per heavy atom. The Bertz CT molecular complexity index is 938. The van der Waals surface area contributed by atoms with Crippen LogP contribution in [0.1, 0.15) is 0 Å². The van der Waals surface area contributed by atoms with E-state index >= 15 is 0 Å². The highest BCUT2D eigenvalue weighted by Crippen LogP contribution is 2.28. The highest BCUT2D eigenvalue weighted by molar-refractivity contribution is 7.91. The van der Waals surface area contributed by atoms with Crippen LogP contribution in [0.2, 0.25) is 5.02 Å². The van der Waals surface area contributed by atoms with Crippen LogP contribution in [0.5, 0.6) is 0 Å². The predicted octanol–water partition coefficient (Wildman–Crippen LogP) is 2.00. The van der Waals surface area contributed by atoms with Crippen LogP contribution in [-0.4, -0.2) is 18.6 Å². The zero-order valence-electron chi connectivity index (χ0n) is 9.83. The molecule has 1 aromatic carbocycles. The van der Waals surface area contributed by atoms with Crippen molar-refractivity contribution in [2.24, 2.45) is 0 Å². The van der Waals surface area contributed by atoms with E-state index in [-0.39, 0.29) is 10.1 Å². The minimum Gasteiger partial charge on any atom is -0.444 e. The lowest BCUT2D eigenvalue weighted by atomic mass is 10.3. The summed E-state index contributed by atoms with van der Waals surface area (Å²) < 4.78 is 29.9. The molecule has 0 bridgehead atoms. The normalized spacial score (nSPS) is 11.8. The fourth-order valence-electron chi connectivity index (χ4n) is 1.71. The molecular weight excluding hydrogens is 304 g/mol. The Morgan fingerprint density at radius 2 is 1.95 bits per heavy atom. The van der Waals surface area contributed by atoms with Crippen LogP contribution in [0.4, 0.5) is 0 Å². The Morgan fingerprint density at radius 3 is 2.65 bits per heavy atom. The van der Waals surface area contributed by atoms with Crippen molar-refractivity contribution in [3.8, 4) is 0 Å². The smallest absolute Gasteiger partial charge is 0.264 e. The van der Waals surface area contributed by atoms with Crippen molar-refractivity contribution in [3.05, 3.63) is 51.8 Å². The Kier molecular flexibility index (Phi) is 2.88. The summed E-state index contributed by atoms with van der Waals surface area (Å²) in [4.78, 5) is 10.9. The molecule has 0 spiro atoms. The fourth-order valence-corrected chi connectivity index (χ4v) is 2.99. The molecule has 8 heteroatoms. The molecule has 0 fully saturated rings. The van der Waals surface area contributed by atoms with Crippen LogP contribution in [0.25, 0.3) is 11.0 Å². The van der Waals surface area contributed by atoms with E-state index < -0.39 is 15.4 Å². The minimum absolute atomic E-state index is 0.255. The van der Waals surface area contributed by atoms with Gasteiger partial charge in [-0.2, -0.15) is 5.10 Å². The van der Waals surface area contributed by atoms with Gasteiger partial charge in [-0.3, -0.25) is 4.79 Å². The monoisotopic (exact) mass is 310 g/mol. The molecule has 2 aromatic heterocycles. The number of rotatable bonds is 2. The molecular formula is C12H7ClN2O4S. The number of nitrogens with one attached hydrogen (secondary N) is 1. The molecule has 3 rings (SSSR count). The highest BCUT2D eigenvalue weighted by atomic mass is 35.5. The molecule has 20 heavy (non-hydrogen) atoms. The number of aromatic nitrogens is 2. The Balaban J connectivity index is 2.18. The van der Waals surface area contributed by atoms with Crippen molar-refractivity contribution >= 4 is 32.4 Å². The first-order valence-electron chi connectivity index (χ1n) is 5.47. The van der Waals surface area contributed by atoms with Gasteiger partial charge < -0.3 is 4.42 Å². The lowest BCUT2D eigenvalue weighted by molar-refractivity contribution is 0.479. The summed E-state index contributed by atoms with van der Waals surface area (Å²) in [5, 5.41) is 6.08. The third kappa shape index (κ3) is 2.10. The van der Waals surface area contributed by atoms with Crippen molar-refractivity contribution in [2.45, 2.75) is 10.1 Å². The molecule has 0 atom stereocenters. The first-order valence-corrected chi connectivity index (χ1v) is 7.33. The molecule has 0 aliphatic heterocycles. The van der Waals surface area contributed by atoms with E-state index in [1.807, 2.05) is 0 Å². The molecule has 0 aliphatic rings. The molecule has 0 aliphatic carbocycles. The third-order valence-electron chi connectivity index (χ3n) is 2.65. The summed E-state index contributed by atoms with van der Waals surface area (Å²) in [7, 11) is -3.92. The van der Waals surface area contributed by atoms with Gasteiger partial charge in [0, 0.05) is 22.5 Å². The van der Waals surface area contributed by atoms with Gasteiger partial charge >= 0.3 is 0 Å². The SMILES string of the molecule is O=c1ccc(S(=O)(=O)c2cc3cc(Cl)ccc3o2)n[nH]1. The summed E-state index contributed by atoms with van der Waals surface area (Å²) in [6.07, 6.45) is 0. The number of fused-ring (bicyclic) bond motifs is 1. The number of benzene rings is 1. The van der Waals surface area contributed by atoms with Crippen LogP contribution in [0, 0.1) is 0 Å². The predicted molar refractivity (Wildman–Crippen MR) is 71.5 cm³/mol. The van der Waals surface area contributed by atoms with Crippen molar-refractivity contribution in [3.63, 3.8) is 0 Å². The molecule has 0 amide bonds. The van der Waals surface area contributed by atoms with Crippen LogP contribution in [-0.2, 0) is 9.84 Å². The highest BCUT2D eigenvalue weighted by Gasteiger charge is 2.24. The van der Waals surface area contributed by atoms with Crippen LogP contribution < -0.4 is 5.56 Å². The molecule has 0 saturated carbocycles. The van der Waals surface area contributed by atoms with Crippen molar-refractivity contribution in [1.29, 1.82) is 0 Å². The summed E-state index contributed by atoms with van der Waals surface area (Å²) in [6.45, 7) is 0. The van der Waals surface area contributed by atoms with E-state index in [9.17, 15) is 13.2 Å². The Labute approximate surface area is 117 Å². The first kappa shape index (κ1) is 12.9. The van der Waals surface area contributed by atoms with Crippen LogP contribution in [0.3, 0.4) is 0 Å². The topological polar surface area (TPSA) is 93.0 Å². The number of furan rings is 1. The van der Waals surface area contributed by atoms with Gasteiger partial charge in [0.25, 0.3) is 15.4 Å². The molecule has 0 unspecified atom stereocenters. The van der Waals surface area contributed by atoms with E-state index in [0.29, 0.717) is 16.0 Å². The first-order chi connectivity index (χ1) is 9.46. The lowest BCUT2D eigenvalue weighted by Crippen LogP contribution is -2.11. The van der Waals surface area contributed by atoms with Gasteiger partial charge in [0.15, 0.2) is 5.03 Å². The van der Waals surface area contributed by atoms with Gasteiger partial charge in [-0.05, 0) is 24.3 Å². The minimum atomic E-state index is -3.92. The van der Waals surface area contributed by atoms with Gasteiger partial charge in [-0.25, -0.2) is 13.5 Å². The third-order valence-corrected chi connectivity index (χ3v) is 4.39. The maximum atomic E-state index is 12.3. The second-order valence-corrected chi connectivity index (χ2v) is 6.27. The zero-order chi connectivity index (χ0) is 14.3. The molecule has 3 aromatic rings. The molecule has 1 N–H and O–H groups in total. The fraction of sp³-hybridized carbons (Fsp3) is 0. The van der Waals surface area contributed by atoms with E-state index in [1.54, 1.807) is 18.2 Å². The van der Waals surface area contributed by atoms with Gasteiger partial charge in [-0.1, -0.05) is 11.6 Å². The lowest BCUT2D eigenvalue weighted by Gasteiger charge is -1.97. The number of hydrogen-bond acceptors (Lipinski definition) is 5. The standard InChI is InChI=1S/C12H7ClN2O4S/c13-8-1-2-9-7(5-8)6-12(19-9)20(17,18)11-4-3-10(16)14-15-11/h1-6H,(H,14,16). The second kappa shape index (κ2) is 4.46. The number of aromatic amines is 1. The number of nitrogens with zero attached hydrogens (tertiary/aromatic N) is 1. The summed E-state index contributed by atoms with van der Waals surface area (Å²) in [5.74, 6) is 0. The van der Waals surface area contributed by atoms with E-state index in [2.05, 4.69) is 10.2 Å². The van der Waals surface area contributed by atoms with E-state index in [4.69, 9.17) is 16.0 Å². The van der Waals surface area contributed by atoms with Gasteiger partial charge in [0.05, 0.1) is 0 Å². The van der Waals surface area contributed by atoms with Crippen LogP contribution >= 0.6 is 11.6 Å². The molecule has 6 nitrogen and oxygen atoms in total. The Hall–Kier alpha value is -2.12. The largest absolute Gasteiger partial charge is 0.444 e. The second-order valence-electron chi connectivity index (χ2n) is 4.01. The van der Waals surface area contributed by atoms with Crippen LogP contribution in [0.15, 0.2) is 55.7 Å². The number of hydrogen-bond donors (Lipinski definition) is 1. The van der Waals surface area contributed by atoms with Crippen molar-refractivity contribution < 1.29 is 12.8 Å². The summed E-state index contributed by atoms with van der Waals surface area (Å²) in [5.41, 5.74) is -0.0854. The summed E-state index contributed by atoms with van der Waals surface area (Å²) in [6, 6.07) is 8.34.